The molecule has 0 rings (SSSR count). The number of aliphatic carboxylic acids is 1. The summed E-state index contributed by atoms with van der Waals surface area (Å²) in [5.74, 6) is -2.42. The van der Waals surface area contributed by atoms with E-state index < -0.39 is 51.1 Å². The molecule has 0 aliphatic heterocycles. The van der Waals surface area contributed by atoms with Crippen LogP contribution in [0.2, 0.25) is 0 Å². The van der Waals surface area contributed by atoms with Crippen molar-refractivity contribution in [2.45, 2.75) is 161 Å². The number of nitrogens with two attached hydrogens (primary N) is 1. The Morgan fingerprint density at radius 1 is 0.627 bits per heavy atom. The van der Waals surface area contributed by atoms with Crippen molar-refractivity contribution in [3.8, 4) is 0 Å². The number of phosphoric acid groups is 1. The molecule has 0 radical (unpaired) electrons. The van der Waals surface area contributed by atoms with E-state index in [-0.39, 0.29) is 19.4 Å². The monoisotopic (exact) mass is 741 g/mol. The SMILES string of the molecule is CC/C=C\C/C=C\C/C=C\CCCCCCCC(=O)OC[C@H](COP(=O)(O)OC[C@H](N)C(=O)O)OC(=O)CCCCCCC/C=C\CCCCC. The van der Waals surface area contributed by atoms with Crippen molar-refractivity contribution in [2.75, 3.05) is 19.8 Å². The van der Waals surface area contributed by atoms with Crippen LogP contribution in [-0.4, -0.2) is 59.9 Å². The van der Waals surface area contributed by atoms with E-state index >= 15 is 0 Å². The maximum Gasteiger partial charge on any atom is 0.472 e. The molecule has 4 N–H and O–H groups in total. The van der Waals surface area contributed by atoms with Gasteiger partial charge >= 0.3 is 25.7 Å². The van der Waals surface area contributed by atoms with Gasteiger partial charge in [0.05, 0.1) is 13.2 Å². The Hall–Kier alpha value is -2.56. The first-order valence-corrected chi connectivity index (χ1v) is 20.7. The van der Waals surface area contributed by atoms with Gasteiger partial charge < -0.3 is 25.2 Å². The highest BCUT2D eigenvalue weighted by Crippen LogP contribution is 2.43. The predicted molar refractivity (Wildman–Crippen MR) is 203 cm³/mol. The molecule has 294 valence electrons. The smallest absolute Gasteiger partial charge is 0.472 e. The van der Waals surface area contributed by atoms with Gasteiger partial charge in [0.25, 0.3) is 0 Å². The van der Waals surface area contributed by atoms with Crippen molar-refractivity contribution < 1.29 is 47.5 Å². The van der Waals surface area contributed by atoms with Crippen LogP contribution in [0, 0.1) is 0 Å². The normalized spacial score (nSPS) is 14.4. The standard InChI is InChI=1S/C39H68NO10P/c1-3-5-7-9-11-13-15-17-18-19-21-22-24-26-28-30-37(41)47-32-35(33-48-51(45,46)49-34-36(40)39(43)44)50-38(42)31-29-27-25-23-20-16-14-12-10-8-6-4-2/h5,7,11-14,17-18,35-36H,3-4,6,8-10,15-16,19-34,40H2,1-2H3,(H,43,44)(H,45,46)/b7-5-,13-11-,14-12-,18-17-/t35-,36+/m1/s1. The van der Waals surface area contributed by atoms with Gasteiger partial charge in [-0.2, -0.15) is 0 Å². The fourth-order valence-corrected chi connectivity index (χ4v) is 5.56. The molecule has 0 aliphatic carbocycles. The molecule has 0 aliphatic rings. The quantitative estimate of drug-likeness (QED) is 0.0244. The van der Waals surface area contributed by atoms with E-state index in [1.165, 1.54) is 19.3 Å². The topological polar surface area (TPSA) is 172 Å². The highest BCUT2D eigenvalue weighted by molar-refractivity contribution is 7.47. The summed E-state index contributed by atoms with van der Waals surface area (Å²) in [6, 6.07) is -1.52. The maximum atomic E-state index is 12.5. The largest absolute Gasteiger partial charge is 0.480 e. The second-order valence-electron chi connectivity index (χ2n) is 12.7. The van der Waals surface area contributed by atoms with E-state index in [4.69, 9.17) is 24.8 Å². The molecule has 0 bridgehead atoms. The second kappa shape index (κ2) is 34.5. The Morgan fingerprint density at radius 2 is 1.10 bits per heavy atom. The number of rotatable bonds is 35. The Kier molecular flexibility index (Phi) is 32.8. The van der Waals surface area contributed by atoms with Gasteiger partial charge in [0, 0.05) is 12.8 Å². The molecule has 0 aromatic carbocycles. The van der Waals surface area contributed by atoms with Crippen molar-refractivity contribution in [1.82, 2.24) is 0 Å². The summed E-state index contributed by atoms with van der Waals surface area (Å²) < 4.78 is 32.5. The van der Waals surface area contributed by atoms with E-state index in [0.29, 0.717) is 12.8 Å². The van der Waals surface area contributed by atoms with Crippen LogP contribution in [-0.2, 0) is 37.5 Å². The van der Waals surface area contributed by atoms with Gasteiger partial charge in [-0.05, 0) is 70.6 Å². The molecule has 3 atom stereocenters. The summed E-state index contributed by atoms with van der Waals surface area (Å²) in [7, 11) is -4.72. The predicted octanol–water partition coefficient (Wildman–Crippen LogP) is 9.44. The number of hydrogen-bond acceptors (Lipinski definition) is 9. The summed E-state index contributed by atoms with van der Waals surface area (Å²) >= 11 is 0. The number of ether oxygens (including phenoxy) is 2. The van der Waals surface area contributed by atoms with Crippen molar-refractivity contribution >= 4 is 25.7 Å². The number of carbonyl (C=O) groups is 3. The molecule has 11 nitrogen and oxygen atoms in total. The van der Waals surface area contributed by atoms with Gasteiger partial charge in [0.1, 0.15) is 12.6 Å². The molecule has 12 heteroatoms. The fraction of sp³-hybridized carbons (Fsp3) is 0.718. The van der Waals surface area contributed by atoms with Gasteiger partial charge in [0.2, 0.25) is 0 Å². The molecule has 1 unspecified atom stereocenters. The van der Waals surface area contributed by atoms with Gasteiger partial charge in [-0.15, -0.1) is 0 Å². The molecule has 0 heterocycles. The Bertz CT molecular complexity index is 1060. The van der Waals surface area contributed by atoms with E-state index in [0.717, 1.165) is 89.9 Å². The zero-order valence-electron chi connectivity index (χ0n) is 31.4. The van der Waals surface area contributed by atoms with Crippen molar-refractivity contribution in [3.05, 3.63) is 48.6 Å². The average Bonchev–Trinajstić information content (AvgIpc) is 3.10. The average molecular weight is 742 g/mol. The minimum Gasteiger partial charge on any atom is -0.480 e. The van der Waals surface area contributed by atoms with Gasteiger partial charge in [-0.25, -0.2) is 4.57 Å². The molecule has 0 saturated carbocycles. The number of carbonyl (C=O) groups excluding carboxylic acids is 2. The zero-order chi connectivity index (χ0) is 37.8. The third-order valence-electron chi connectivity index (χ3n) is 7.81. The molecule has 0 aromatic rings. The van der Waals surface area contributed by atoms with Crippen LogP contribution < -0.4 is 5.73 Å². The van der Waals surface area contributed by atoms with Gasteiger partial charge in [-0.1, -0.05) is 114 Å². The highest BCUT2D eigenvalue weighted by Gasteiger charge is 2.28. The van der Waals surface area contributed by atoms with Crippen molar-refractivity contribution in [1.29, 1.82) is 0 Å². The summed E-state index contributed by atoms with van der Waals surface area (Å²) in [6.07, 6.45) is 36.1. The molecule has 0 amide bonds. The van der Waals surface area contributed by atoms with Crippen LogP contribution in [0.4, 0.5) is 0 Å². The number of carboxylic acids is 1. The number of allylic oxidation sites excluding steroid dienone is 8. The van der Waals surface area contributed by atoms with Crippen LogP contribution in [0.5, 0.6) is 0 Å². The summed E-state index contributed by atoms with van der Waals surface area (Å²) in [4.78, 5) is 45.7. The van der Waals surface area contributed by atoms with Crippen LogP contribution >= 0.6 is 7.82 Å². The third-order valence-corrected chi connectivity index (χ3v) is 8.76. The summed E-state index contributed by atoms with van der Waals surface area (Å²) in [6.45, 7) is 2.61. The lowest BCUT2D eigenvalue weighted by Gasteiger charge is -2.20. The number of phosphoric ester groups is 1. The number of esters is 2. The summed E-state index contributed by atoms with van der Waals surface area (Å²) in [5.41, 5.74) is 5.31. The first-order valence-electron chi connectivity index (χ1n) is 19.2. The first-order chi connectivity index (χ1) is 24.6. The summed E-state index contributed by atoms with van der Waals surface area (Å²) in [5, 5.41) is 8.86. The third kappa shape index (κ3) is 34.3. The van der Waals surface area contributed by atoms with E-state index in [9.17, 15) is 23.8 Å². The van der Waals surface area contributed by atoms with Crippen LogP contribution in [0.1, 0.15) is 149 Å². The molecule has 0 spiro atoms. The van der Waals surface area contributed by atoms with Gasteiger partial charge in [-0.3, -0.25) is 23.4 Å². The van der Waals surface area contributed by atoms with E-state index in [1.54, 1.807) is 0 Å². The van der Waals surface area contributed by atoms with E-state index in [1.807, 2.05) is 0 Å². The highest BCUT2D eigenvalue weighted by atomic mass is 31.2. The minimum absolute atomic E-state index is 0.145. The van der Waals surface area contributed by atoms with Crippen molar-refractivity contribution in [2.24, 2.45) is 5.73 Å². The molecule has 0 saturated heterocycles. The minimum atomic E-state index is -4.72. The van der Waals surface area contributed by atoms with Crippen LogP contribution in [0.15, 0.2) is 48.6 Å². The maximum absolute atomic E-state index is 12.5. The Morgan fingerprint density at radius 3 is 1.67 bits per heavy atom. The molecular weight excluding hydrogens is 673 g/mol. The number of unbranched alkanes of at least 4 members (excludes halogenated alkanes) is 13. The molecule has 51 heavy (non-hydrogen) atoms. The van der Waals surface area contributed by atoms with Crippen molar-refractivity contribution in [3.63, 3.8) is 0 Å². The van der Waals surface area contributed by atoms with Crippen LogP contribution in [0.25, 0.3) is 0 Å². The lowest BCUT2D eigenvalue weighted by molar-refractivity contribution is -0.161. The lowest BCUT2D eigenvalue weighted by atomic mass is 10.1. The lowest BCUT2D eigenvalue weighted by Crippen LogP contribution is -2.34. The molecule has 0 aromatic heterocycles. The van der Waals surface area contributed by atoms with E-state index in [2.05, 4.69) is 67.0 Å². The first kappa shape index (κ1) is 48.4. The fourth-order valence-electron chi connectivity index (χ4n) is 4.78. The second-order valence-corrected chi connectivity index (χ2v) is 14.1. The number of hydrogen-bond donors (Lipinski definition) is 3. The Balaban J connectivity index is 4.48. The Labute approximate surface area is 307 Å². The zero-order valence-corrected chi connectivity index (χ0v) is 32.3. The van der Waals surface area contributed by atoms with Gasteiger partial charge in [0.15, 0.2) is 6.10 Å². The van der Waals surface area contributed by atoms with Crippen LogP contribution in [0.3, 0.4) is 0 Å². The number of carboxylic acid groups (broad SMARTS) is 1. The molecular formula is C39H68NO10P. The molecule has 0 fully saturated rings.